The Kier molecular flexibility index (Phi) is 6.02. The van der Waals surface area contributed by atoms with Gasteiger partial charge in [-0.1, -0.05) is 15.9 Å². The topological polar surface area (TPSA) is 69.6 Å². The van der Waals surface area contributed by atoms with E-state index < -0.39 is 27.6 Å². The number of aliphatic hydroxyl groups excluding tert-OH is 1. The Morgan fingerprint density at radius 1 is 1.38 bits per heavy atom. The molecule has 0 amide bonds. The van der Waals surface area contributed by atoms with Gasteiger partial charge in [0.15, 0.2) is 0 Å². The zero-order valence-electron chi connectivity index (χ0n) is 11.0. The quantitative estimate of drug-likeness (QED) is 0.783. The average Bonchev–Trinajstić information content (AvgIpc) is 2.36. The van der Waals surface area contributed by atoms with Gasteiger partial charge >= 0.3 is 16.4 Å². The van der Waals surface area contributed by atoms with Gasteiger partial charge in [-0.25, -0.2) is 0 Å². The largest absolute Gasteiger partial charge is 0.418 e. The van der Waals surface area contributed by atoms with Gasteiger partial charge in [-0.2, -0.15) is 25.9 Å². The summed E-state index contributed by atoms with van der Waals surface area (Å²) in [4.78, 5) is 0. The van der Waals surface area contributed by atoms with Crippen LogP contribution in [0.2, 0.25) is 0 Å². The fourth-order valence-corrected chi connectivity index (χ4v) is 2.81. The van der Waals surface area contributed by atoms with Crippen molar-refractivity contribution in [3.63, 3.8) is 0 Å². The minimum atomic E-state index is -4.69. The van der Waals surface area contributed by atoms with E-state index in [-0.39, 0.29) is 24.0 Å². The summed E-state index contributed by atoms with van der Waals surface area (Å²) in [5, 5.41) is 8.66. The highest BCUT2D eigenvalue weighted by Gasteiger charge is 2.35. The van der Waals surface area contributed by atoms with Gasteiger partial charge in [0.25, 0.3) is 0 Å². The van der Waals surface area contributed by atoms with Crippen molar-refractivity contribution in [2.75, 3.05) is 24.9 Å². The van der Waals surface area contributed by atoms with Crippen LogP contribution in [0.4, 0.5) is 18.9 Å². The maximum atomic E-state index is 12.9. The van der Waals surface area contributed by atoms with Crippen LogP contribution in [-0.2, 0) is 16.4 Å². The molecule has 0 spiro atoms. The van der Waals surface area contributed by atoms with E-state index in [4.69, 9.17) is 5.11 Å². The molecule has 0 aromatic heterocycles. The van der Waals surface area contributed by atoms with Gasteiger partial charge in [-0.3, -0.25) is 4.72 Å². The number of alkyl halides is 3. The molecule has 0 unspecified atom stereocenters. The molecular formula is C11H14BrF3N2O3S. The van der Waals surface area contributed by atoms with Crippen LogP contribution in [0.25, 0.3) is 0 Å². The lowest BCUT2D eigenvalue weighted by molar-refractivity contribution is -0.136. The van der Waals surface area contributed by atoms with Crippen molar-refractivity contribution in [3.05, 3.63) is 28.2 Å². The SMILES string of the molecule is CN(CCCO)S(=O)(=O)Nc1ccc(Br)cc1C(F)(F)F. The second-order valence-electron chi connectivity index (χ2n) is 4.19. The van der Waals surface area contributed by atoms with Gasteiger partial charge in [0, 0.05) is 24.7 Å². The molecule has 0 saturated heterocycles. The molecule has 0 heterocycles. The molecule has 0 bridgehead atoms. The molecular weight excluding hydrogens is 377 g/mol. The smallest absolute Gasteiger partial charge is 0.396 e. The number of rotatable bonds is 6. The minimum Gasteiger partial charge on any atom is -0.396 e. The number of aliphatic hydroxyl groups is 1. The number of anilines is 1. The molecule has 1 aromatic carbocycles. The van der Waals surface area contributed by atoms with Gasteiger partial charge in [0.05, 0.1) is 11.3 Å². The zero-order valence-corrected chi connectivity index (χ0v) is 13.4. The first-order valence-corrected chi connectivity index (χ1v) is 8.03. The van der Waals surface area contributed by atoms with Crippen LogP contribution in [0.1, 0.15) is 12.0 Å². The highest BCUT2D eigenvalue weighted by Crippen LogP contribution is 2.37. The third-order valence-electron chi connectivity index (χ3n) is 2.57. The van der Waals surface area contributed by atoms with E-state index in [2.05, 4.69) is 15.9 Å². The summed E-state index contributed by atoms with van der Waals surface area (Å²) in [6.07, 6.45) is -4.50. The van der Waals surface area contributed by atoms with Crippen molar-refractivity contribution in [3.8, 4) is 0 Å². The Labute approximate surface area is 129 Å². The highest BCUT2D eigenvalue weighted by atomic mass is 79.9. The zero-order chi connectivity index (χ0) is 16.3. The Bertz CT molecular complexity index is 593. The minimum absolute atomic E-state index is 0.0102. The summed E-state index contributed by atoms with van der Waals surface area (Å²) in [6, 6.07) is 3.14. The Morgan fingerprint density at radius 2 is 2.00 bits per heavy atom. The normalized spacial score (nSPS) is 12.7. The molecule has 2 N–H and O–H groups in total. The number of hydrogen-bond acceptors (Lipinski definition) is 3. The van der Waals surface area contributed by atoms with E-state index in [1.165, 1.54) is 13.1 Å². The molecule has 0 atom stereocenters. The first kappa shape index (κ1) is 18.2. The molecule has 10 heteroatoms. The predicted octanol–water partition coefficient (Wildman–Crippen LogP) is 2.44. The van der Waals surface area contributed by atoms with Gasteiger partial charge in [0.2, 0.25) is 0 Å². The second-order valence-corrected chi connectivity index (χ2v) is 6.89. The van der Waals surface area contributed by atoms with Crippen LogP contribution in [0.3, 0.4) is 0 Å². The molecule has 0 aliphatic carbocycles. The average molecular weight is 391 g/mol. The lowest BCUT2D eigenvalue weighted by Gasteiger charge is -2.20. The molecule has 0 saturated carbocycles. The molecule has 1 aromatic rings. The lowest BCUT2D eigenvalue weighted by Crippen LogP contribution is -2.34. The van der Waals surface area contributed by atoms with E-state index in [1.54, 1.807) is 0 Å². The van der Waals surface area contributed by atoms with Crippen molar-refractivity contribution < 1.29 is 26.7 Å². The third kappa shape index (κ3) is 5.13. The van der Waals surface area contributed by atoms with Crippen molar-refractivity contribution in [1.82, 2.24) is 4.31 Å². The molecule has 0 aliphatic rings. The second kappa shape index (κ2) is 6.95. The first-order chi connectivity index (χ1) is 9.58. The first-order valence-electron chi connectivity index (χ1n) is 5.79. The summed E-state index contributed by atoms with van der Waals surface area (Å²) in [5.74, 6) is 0. The van der Waals surface area contributed by atoms with Crippen LogP contribution < -0.4 is 4.72 Å². The molecule has 0 radical (unpaired) electrons. The lowest BCUT2D eigenvalue weighted by atomic mass is 10.2. The van der Waals surface area contributed by atoms with Crippen molar-refractivity contribution in [1.29, 1.82) is 0 Å². The summed E-state index contributed by atoms with van der Waals surface area (Å²) in [6.45, 7) is -0.227. The van der Waals surface area contributed by atoms with Gasteiger partial charge in [-0.05, 0) is 24.6 Å². The third-order valence-corrected chi connectivity index (χ3v) is 4.54. The molecule has 21 heavy (non-hydrogen) atoms. The van der Waals surface area contributed by atoms with E-state index in [9.17, 15) is 21.6 Å². The maximum Gasteiger partial charge on any atom is 0.418 e. The van der Waals surface area contributed by atoms with E-state index in [0.717, 1.165) is 16.4 Å². The van der Waals surface area contributed by atoms with Crippen LogP contribution in [0.15, 0.2) is 22.7 Å². The van der Waals surface area contributed by atoms with Crippen LogP contribution >= 0.6 is 15.9 Å². The van der Waals surface area contributed by atoms with E-state index in [0.29, 0.717) is 0 Å². The monoisotopic (exact) mass is 390 g/mol. The fourth-order valence-electron chi connectivity index (χ4n) is 1.47. The molecule has 0 aliphatic heterocycles. The van der Waals surface area contributed by atoms with Gasteiger partial charge < -0.3 is 5.11 Å². The number of nitrogens with zero attached hydrogens (tertiary/aromatic N) is 1. The standard InChI is InChI=1S/C11H14BrF3N2O3S/c1-17(5-2-6-18)21(19,20)16-10-4-3-8(12)7-9(10)11(13,14)15/h3-4,7,16,18H,2,5-6H2,1H3. The molecule has 0 fully saturated rings. The number of nitrogens with one attached hydrogen (secondary N) is 1. The molecule has 5 nitrogen and oxygen atoms in total. The number of benzene rings is 1. The Morgan fingerprint density at radius 3 is 2.52 bits per heavy atom. The highest BCUT2D eigenvalue weighted by molar-refractivity contribution is 9.10. The predicted molar refractivity (Wildman–Crippen MR) is 76.0 cm³/mol. The summed E-state index contributed by atoms with van der Waals surface area (Å²) < 4.78 is 65.5. The number of halogens is 4. The Balaban J connectivity index is 3.08. The molecule has 120 valence electrons. The van der Waals surface area contributed by atoms with Crippen LogP contribution in [-0.4, -0.2) is 38.0 Å². The number of hydrogen-bond donors (Lipinski definition) is 2. The van der Waals surface area contributed by atoms with Crippen LogP contribution in [0, 0.1) is 0 Å². The summed E-state index contributed by atoms with van der Waals surface area (Å²) in [7, 11) is -2.91. The Hall–Kier alpha value is -0.840. The van der Waals surface area contributed by atoms with E-state index >= 15 is 0 Å². The van der Waals surface area contributed by atoms with Crippen molar-refractivity contribution in [2.45, 2.75) is 12.6 Å². The fraction of sp³-hybridized carbons (Fsp3) is 0.455. The van der Waals surface area contributed by atoms with Crippen molar-refractivity contribution in [2.24, 2.45) is 0 Å². The van der Waals surface area contributed by atoms with Gasteiger partial charge in [-0.15, -0.1) is 0 Å². The van der Waals surface area contributed by atoms with Crippen molar-refractivity contribution >= 4 is 31.8 Å². The van der Waals surface area contributed by atoms with Crippen LogP contribution in [0.5, 0.6) is 0 Å². The summed E-state index contributed by atoms with van der Waals surface area (Å²) >= 11 is 2.92. The summed E-state index contributed by atoms with van der Waals surface area (Å²) in [5.41, 5.74) is -1.64. The maximum absolute atomic E-state index is 12.9. The van der Waals surface area contributed by atoms with Gasteiger partial charge in [0.1, 0.15) is 0 Å². The molecule has 1 rings (SSSR count). The van der Waals surface area contributed by atoms with E-state index in [1.807, 2.05) is 4.72 Å².